The van der Waals surface area contributed by atoms with Gasteiger partial charge < -0.3 is 5.73 Å². The highest BCUT2D eigenvalue weighted by Gasteiger charge is 2.26. The second-order valence-electron chi connectivity index (χ2n) is 5.41. The SMILES string of the molecule is CC1CN(Cc2ccc(Cl)c(N)c2)CC(C)N1C. The Labute approximate surface area is 115 Å². The highest BCUT2D eigenvalue weighted by Crippen LogP contribution is 2.22. The van der Waals surface area contributed by atoms with Crippen LogP contribution in [0.15, 0.2) is 18.2 Å². The molecular formula is C14H22ClN3. The Hall–Kier alpha value is -0.770. The molecule has 2 atom stereocenters. The first-order valence-corrected chi connectivity index (χ1v) is 6.83. The van der Waals surface area contributed by atoms with Crippen LogP contribution < -0.4 is 5.73 Å². The maximum atomic E-state index is 5.94. The Bertz CT molecular complexity index is 410. The van der Waals surface area contributed by atoms with Gasteiger partial charge in [-0.25, -0.2) is 0 Å². The molecule has 18 heavy (non-hydrogen) atoms. The standard InChI is InChI=1S/C14H22ClN3/c1-10-7-18(8-11(2)17(10)3)9-12-4-5-13(15)14(16)6-12/h4-6,10-11H,7-9,16H2,1-3H3. The Morgan fingerprint density at radius 1 is 1.28 bits per heavy atom. The van der Waals surface area contributed by atoms with E-state index in [-0.39, 0.29) is 0 Å². The maximum Gasteiger partial charge on any atom is 0.0635 e. The van der Waals surface area contributed by atoms with E-state index in [2.05, 4.69) is 36.8 Å². The summed E-state index contributed by atoms with van der Waals surface area (Å²) < 4.78 is 0. The first kappa shape index (κ1) is 13.7. The van der Waals surface area contributed by atoms with Crippen molar-refractivity contribution in [3.05, 3.63) is 28.8 Å². The van der Waals surface area contributed by atoms with Crippen molar-refractivity contribution in [3.8, 4) is 0 Å². The van der Waals surface area contributed by atoms with Gasteiger partial charge in [0.15, 0.2) is 0 Å². The monoisotopic (exact) mass is 267 g/mol. The number of likely N-dealkylation sites (N-methyl/N-ethyl adjacent to an activating group) is 1. The molecule has 2 N–H and O–H groups in total. The Kier molecular flexibility index (Phi) is 4.15. The van der Waals surface area contributed by atoms with Crippen LogP contribution in [-0.4, -0.2) is 42.0 Å². The zero-order valence-corrected chi connectivity index (χ0v) is 12.1. The van der Waals surface area contributed by atoms with Crippen molar-refractivity contribution in [3.63, 3.8) is 0 Å². The molecule has 100 valence electrons. The van der Waals surface area contributed by atoms with Crippen LogP contribution >= 0.6 is 11.6 Å². The molecule has 1 aromatic rings. The predicted molar refractivity (Wildman–Crippen MR) is 77.8 cm³/mol. The molecule has 1 aliphatic heterocycles. The maximum absolute atomic E-state index is 5.94. The number of nitrogens with zero attached hydrogens (tertiary/aromatic N) is 2. The third kappa shape index (κ3) is 2.97. The largest absolute Gasteiger partial charge is 0.398 e. The number of nitrogens with two attached hydrogens (primary N) is 1. The fraction of sp³-hybridized carbons (Fsp3) is 0.571. The molecule has 1 aliphatic rings. The van der Waals surface area contributed by atoms with E-state index < -0.39 is 0 Å². The summed E-state index contributed by atoms with van der Waals surface area (Å²) in [5.74, 6) is 0. The van der Waals surface area contributed by atoms with E-state index >= 15 is 0 Å². The second kappa shape index (κ2) is 5.47. The summed E-state index contributed by atoms with van der Waals surface area (Å²) in [7, 11) is 2.20. The van der Waals surface area contributed by atoms with Crippen LogP contribution in [0.5, 0.6) is 0 Å². The van der Waals surface area contributed by atoms with E-state index in [0.717, 1.165) is 19.6 Å². The molecule has 1 fully saturated rings. The van der Waals surface area contributed by atoms with Crippen LogP contribution in [0.1, 0.15) is 19.4 Å². The van der Waals surface area contributed by atoms with Crippen LogP contribution in [0.2, 0.25) is 5.02 Å². The molecule has 0 radical (unpaired) electrons. The molecule has 2 rings (SSSR count). The zero-order chi connectivity index (χ0) is 13.3. The lowest BCUT2D eigenvalue weighted by Gasteiger charge is -2.42. The number of benzene rings is 1. The van der Waals surface area contributed by atoms with Gasteiger partial charge in [-0.05, 0) is 38.6 Å². The Balaban J connectivity index is 2.03. The highest BCUT2D eigenvalue weighted by atomic mass is 35.5. The van der Waals surface area contributed by atoms with Crippen LogP contribution in [-0.2, 0) is 6.54 Å². The third-order valence-corrected chi connectivity index (χ3v) is 4.25. The lowest BCUT2D eigenvalue weighted by atomic mass is 10.1. The first-order valence-electron chi connectivity index (χ1n) is 6.45. The Morgan fingerprint density at radius 2 is 1.89 bits per heavy atom. The van der Waals surface area contributed by atoms with Gasteiger partial charge >= 0.3 is 0 Å². The van der Waals surface area contributed by atoms with Gasteiger partial charge in [0, 0.05) is 31.7 Å². The van der Waals surface area contributed by atoms with E-state index in [4.69, 9.17) is 17.3 Å². The lowest BCUT2D eigenvalue weighted by molar-refractivity contribution is 0.0556. The van der Waals surface area contributed by atoms with Crippen molar-refractivity contribution >= 4 is 17.3 Å². The van der Waals surface area contributed by atoms with Crippen molar-refractivity contribution < 1.29 is 0 Å². The molecular weight excluding hydrogens is 246 g/mol. The summed E-state index contributed by atoms with van der Waals surface area (Å²) in [6, 6.07) is 7.12. The van der Waals surface area contributed by atoms with Gasteiger partial charge in [-0.2, -0.15) is 0 Å². The predicted octanol–water partition coefficient (Wildman–Crippen LogP) is 2.45. The van der Waals surface area contributed by atoms with Crippen molar-refractivity contribution in [2.24, 2.45) is 0 Å². The second-order valence-corrected chi connectivity index (χ2v) is 5.82. The number of nitrogen functional groups attached to an aromatic ring is 1. The van der Waals surface area contributed by atoms with Crippen molar-refractivity contribution in [2.45, 2.75) is 32.5 Å². The van der Waals surface area contributed by atoms with E-state index in [1.165, 1.54) is 5.56 Å². The topological polar surface area (TPSA) is 32.5 Å². The van der Waals surface area contributed by atoms with E-state index in [9.17, 15) is 0 Å². The van der Waals surface area contributed by atoms with E-state index in [0.29, 0.717) is 22.8 Å². The average molecular weight is 268 g/mol. The van der Waals surface area contributed by atoms with E-state index in [1.807, 2.05) is 12.1 Å². The van der Waals surface area contributed by atoms with Crippen molar-refractivity contribution in [1.82, 2.24) is 9.80 Å². The lowest BCUT2D eigenvalue weighted by Crippen LogP contribution is -2.54. The number of hydrogen-bond acceptors (Lipinski definition) is 3. The van der Waals surface area contributed by atoms with Crippen LogP contribution in [0.3, 0.4) is 0 Å². The molecule has 0 aliphatic carbocycles. The molecule has 3 nitrogen and oxygen atoms in total. The molecule has 1 saturated heterocycles. The molecule has 1 aromatic carbocycles. The van der Waals surface area contributed by atoms with Gasteiger partial charge in [-0.3, -0.25) is 9.80 Å². The summed E-state index contributed by atoms with van der Waals surface area (Å²) in [4.78, 5) is 4.92. The van der Waals surface area contributed by atoms with Crippen molar-refractivity contribution in [2.75, 3.05) is 25.9 Å². The smallest absolute Gasteiger partial charge is 0.0635 e. The number of rotatable bonds is 2. The van der Waals surface area contributed by atoms with Gasteiger partial charge in [0.25, 0.3) is 0 Å². The van der Waals surface area contributed by atoms with Gasteiger partial charge in [-0.15, -0.1) is 0 Å². The van der Waals surface area contributed by atoms with Gasteiger partial charge in [0.1, 0.15) is 0 Å². The van der Waals surface area contributed by atoms with Gasteiger partial charge in [0.2, 0.25) is 0 Å². The van der Waals surface area contributed by atoms with Crippen molar-refractivity contribution in [1.29, 1.82) is 0 Å². The molecule has 4 heteroatoms. The number of halogens is 1. The zero-order valence-electron chi connectivity index (χ0n) is 11.4. The average Bonchev–Trinajstić information content (AvgIpc) is 2.31. The summed E-state index contributed by atoms with van der Waals surface area (Å²) >= 11 is 5.94. The number of anilines is 1. The quantitative estimate of drug-likeness (QED) is 0.836. The molecule has 0 saturated carbocycles. The summed E-state index contributed by atoms with van der Waals surface area (Å²) in [6.07, 6.45) is 0. The fourth-order valence-corrected chi connectivity index (χ4v) is 2.71. The summed E-state index contributed by atoms with van der Waals surface area (Å²) in [6.45, 7) is 7.70. The minimum atomic E-state index is 0.596. The molecule has 1 heterocycles. The normalized spacial score (nSPS) is 26.4. The molecule has 0 aromatic heterocycles. The number of hydrogen-bond donors (Lipinski definition) is 1. The molecule has 2 unspecified atom stereocenters. The van der Waals surface area contributed by atoms with Gasteiger partial charge in [0.05, 0.1) is 10.7 Å². The van der Waals surface area contributed by atoms with Crippen LogP contribution in [0.4, 0.5) is 5.69 Å². The number of piperazine rings is 1. The van der Waals surface area contributed by atoms with Crippen LogP contribution in [0, 0.1) is 0 Å². The Morgan fingerprint density at radius 3 is 2.44 bits per heavy atom. The minimum absolute atomic E-state index is 0.596. The fourth-order valence-electron chi connectivity index (χ4n) is 2.59. The summed E-state index contributed by atoms with van der Waals surface area (Å²) in [5.41, 5.74) is 7.75. The highest BCUT2D eigenvalue weighted by molar-refractivity contribution is 6.33. The minimum Gasteiger partial charge on any atom is -0.398 e. The molecule has 0 amide bonds. The van der Waals surface area contributed by atoms with Gasteiger partial charge in [-0.1, -0.05) is 17.7 Å². The molecule has 0 spiro atoms. The van der Waals surface area contributed by atoms with Crippen LogP contribution in [0.25, 0.3) is 0 Å². The van der Waals surface area contributed by atoms with E-state index in [1.54, 1.807) is 0 Å². The summed E-state index contributed by atoms with van der Waals surface area (Å²) in [5, 5.41) is 0.638. The third-order valence-electron chi connectivity index (χ3n) is 3.90. The molecule has 0 bridgehead atoms. The first-order chi connectivity index (χ1) is 8.47.